The van der Waals surface area contributed by atoms with Crippen LogP contribution < -0.4 is 24.8 Å². The molecule has 2 N–H and O–H groups in total. The van der Waals surface area contributed by atoms with E-state index in [0.29, 0.717) is 30.2 Å². The van der Waals surface area contributed by atoms with E-state index in [1.807, 2.05) is 31.2 Å². The average molecular weight is 370 g/mol. The molecule has 7 heteroatoms. The fourth-order valence-corrected chi connectivity index (χ4v) is 3.01. The standard InChI is InChI=1S/C20H22N2O5/c1-12-10-17(25-2)18(26-3)11-15(12)22-20(24)19(23)21-14-8-9-27-16-7-5-4-6-13(14)16/h4-7,10-11,14H,8-9H2,1-3H3,(H,21,23)(H,22,24). The number of rotatable bonds is 4. The van der Waals surface area contributed by atoms with Gasteiger partial charge in [0.1, 0.15) is 5.75 Å². The first-order valence-electron chi connectivity index (χ1n) is 8.59. The van der Waals surface area contributed by atoms with Crippen molar-refractivity contribution >= 4 is 17.5 Å². The zero-order chi connectivity index (χ0) is 19.4. The molecule has 1 aliphatic heterocycles. The number of carbonyl (C=O) groups is 2. The Hall–Kier alpha value is -3.22. The van der Waals surface area contributed by atoms with E-state index < -0.39 is 11.8 Å². The second kappa shape index (κ2) is 7.99. The minimum Gasteiger partial charge on any atom is -0.493 e. The van der Waals surface area contributed by atoms with Gasteiger partial charge in [0.25, 0.3) is 0 Å². The predicted octanol–water partition coefficient (Wildman–Crippen LogP) is 2.59. The maximum Gasteiger partial charge on any atom is 0.313 e. The monoisotopic (exact) mass is 370 g/mol. The Morgan fingerprint density at radius 2 is 1.78 bits per heavy atom. The van der Waals surface area contributed by atoms with Gasteiger partial charge in [0.15, 0.2) is 11.5 Å². The number of anilines is 1. The Bertz CT molecular complexity index is 865. The number of aryl methyl sites for hydroxylation is 1. The molecule has 0 spiro atoms. The molecule has 27 heavy (non-hydrogen) atoms. The second-order valence-corrected chi connectivity index (χ2v) is 6.18. The van der Waals surface area contributed by atoms with Gasteiger partial charge in [-0.25, -0.2) is 0 Å². The number of amides is 2. The van der Waals surface area contributed by atoms with Crippen molar-refractivity contribution in [3.05, 3.63) is 47.5 Å². The Kier molecular flexibility index (Phi) is 5.49. The van der Waals surface area contributed by atoms with E-state index in [1.54, 1.807) is 12.1 Å². The van der Waals surface area contributed by atoms with Crippen LogP contribution in [0.4, 0.5) is 5.69 Å². The van der Waals surface area contributed by atoms with Crippen LogP contribution in [0.25, 0.3) is 0 Å². The topological polar surface area (TPSA) is 85.9 Å². The quantitative estimate of drug-likeness (QED) is 0.808. The van der Waals surface area contributed by atoms with Crippen LogP contribution in [0.3, 0.4) is 0 Å². The van der Waals surface area contributed by atoms with Gasteiger partial charge in [0, 0.05) is 23.7 Å². The Labute approximate surface area is 157 Å². The molecule has 0 aliphatic carbocycles. The summed E-state index contributed by atoms with van der Waals surface area (Å²) in [6.45, 7) is 2.29. The van der Waals surface area contributed by atoms with Crippen LogP contribution in [-0.2, 0) is 9.59 Å². The molecular weight excluding hydrogens is 348 g/mol. The van der Waals surface area contributed by atoms with Crippen molar-refractivity contribution in [1.82, 2.24) is 5.32 Å². The number of carbonyl (C=O) groups excluding carboxylic acids is 2. The summed E-state index contributed by atoms with van der Waals surface area (Å²) in [5, 5.41) is 5.41. The third-order valence-electron chi connectivity index (χ3n) is 4.45. The summed E-state index contributed by atoms with van der Waals surface area (Å²) < 4.78 is 16.1. The zero-order valence-corrected chi connectivity index (χ0v) is 15.5. The first-order valence-corrected chi connectivity index (χ1v) is 8.59. The number of hydrogen-bond acceptors (Lipinski definition) is 5. The van der Waals surface area contributed by atoms with Crippen LogP contribution in [0, 0.1) is 6.92 Å². The van der Waals surface area contributed by atoms with Crippen molar-refractivity contribution in [2.45, 2.75) is 19.4 Å². The highest BCUT2D eigenvalue weighted by Crippen LogP contribution is 2.33. The normalized spacial score (nSPS) is 15.1. The fourth-order valence-electron chi connectivity index (χ4n) is 3.01. The number of ether oxygens (including phenoxy) is 3. The summed E-state index contributed by atoms with van der Waals surface area (Å²) in [4.78, 5) is 24.8. The molecule has 1 heterocycles. The van der Waals surface area contributed by atoms with Crippen LogP contribution in [0.5, 0.6) is 17.2 Å². The van der Waals surface area contributed by atoms with Crippen LogP contribution in [0.2, 0.25) is 0 Å². The largest absolute Gasteiger partial charge is 0.493 e. The lowest BCUT2D eigenvalue weighted by Crippen LogP contribution is -2.39. The molecule has 0 aromatic heterocycles. The Morgan fingerprint density at radius 1 is 1.07 bits per heavy atom. The highest BCUT2D eigenvalue weighted by Gasteiger charge is 2.25. The van der Waals surface area contributed by atoms with Crippen molar-refractivity contribution in [2.75, 3.05) is 26.1 Å². The molecule has 2 aromatic rings. The zero-order valence-electron chi connectivity index (χ0n) is 15.5. The van der Waals surface area contributed by atoms with Crippen LogP contribution >= 0.6 is 0 Å². The molecule has 2 amide bonds. The molecule has 0 fully saturated rings. The Morgan fingerprint density at radius 3 is 2.52 bits per heavy atom. The molecule has 0 saturated carbocycles. The number of nitrogens with one attached hydrogen (secondary N) is 2. The molecule has 2 aromatic carbocycles. The maximum atomic E-state index is 12.4. The molecule has 1 atom stereocenters. The Balaban J connectivity index is 1.71. The number of fused-ring (bicyclic) bond motifs is 1. The molecule has 0 radical (unpaired) electrons. The summed E-state index contributed by atoms with van der Waals surface area (Å²) in [6.07, 6.45) is 0.603. The van der Waals surface area contributed by atoms with Crippen molar-refractivity contribution in [3.8, 4) is 17.2 Å². The molecule has 142 valence electrons. The SMILES string of the molecule is COc1cc(C)c(NC(=O)C(=O)NC2CCOc3ccccc32)cc1OC. The third kappa shape index (κ3) is 3.97. The van der Waals surface area contributed by atoms with Crippen LogP contribution in [-0.4, -0.2) is 32.6 Å². The molecule has 1 aliphatic rings. The van der Waals surface area contributed by atoms with Crippen LogP contribution in [0.1, 0.15) is 23.6 Å². The van der Waals surface area contributed by atoms with Crippen LogP contribution in [0.15, 0.2) is 36.4 Å². The van der Waals surface area contributed by atoms with Gasteiger partial charge < -0.3 is 24.8 Å². The number of para-hydroxylation sites is 1. The van der Waals surface area contributed by atoms with Gasteiger partial charge in [-0.05, 0) is 24.6 Å². The molecule has 1 unspecified atom stereocenters. The second-order valence-electron chi connectivity index (χ2n) is 6.18. The summed E-state index contributed by atoms with van der Waals surface area (Å²) in [5.41, 5.74) is 2.11. The third-order valence-corrected chi connectivity index (χ3v) is 4.45. The van der Waals surface area contributed by atoms with E-state index >= 15 is 0 Å². The summed E-state index contributed by atoms with van der Waals surface area (Å²) in [5.74, 6) is 0.304. The molecule has 7 nitrogen and oxygen atoms in total. The van der Waals surface area contributed by atoms with Crippen molar-refractivity contribution < 1.29 is 23.8 Å². The van der Waals surface area contributed by atoms with E-state index in [1.165, 1.54) is 14.2 Å². The lowest BCUT2D eigenvalue weighted by atomic mass is 10.0. The molecule has 0 saturated heterocycles. The first kappa shape index (κ1) is 18.6. The van der Waals surface area contributed by atoms with Gasteiger partial charge in [-0.2, -0.15) is 0 Å². The van der Waals surface area contributed by atoms with Crippen molar-refractivity contribution in [1.29, 1.82) is 0 Å². The van der Waals surface area contributed by atoms with E-state index in [4.69, 9.17) is 14.2 Å². The highest BCUT2D eigenvalue weighted by atomic mass is 16.5. The van der Waals surface area contributed by atoms with Gasteiger partial charge in [-0.3, -0.25) is 9.59 Å². The molecule has 3 rings (SSSR count). The first-order chi connectivity index (χ1) is 13.0. The molecule has 0 bridgehead atoms. The van der Waals surface area contributed by atoms with Gasteiger partial charge in [-0.1, -0.05) is 18.2 Å². The van der Waals surface area contributed by atoms with Gasteiger partial charge in [0.2, 0.25) is 0 Å². The minimum atomic E-state index is -0.741. The lowest BCUT2D eigenvalue weighted by Gasteiger charge is -2.26. The van der Waals surface area contributed by atoms with E-state index in [9.17, 15) is 9.59 Å². The average Bonchev–Trinajstić information content (AvgIpc) is 2.69. The molecular formula is C20H22N2O5. The summed E-state index contributed by atoms with van der Waals surface area (Å²) in [7, 11) is 3.04. The highest BCUT2D eigenvalue weighted by molar-refractivity contribution is 6.39. The predicted molar refractivity (Wildman–Crippen MR) is 100 cm³/mol. The van der Waals surface area contributed by atoms with E-state index in [0.717, 1.165) is 16.9 Å². The smallest absolute Gasteiger partial charge is 0.313 e. The number of methoxy groups -OCH3 is 2. The van der Waals surface area contributed by atoms with Crippen molar-refractivity contribution in [3.63, 3.8) is 0 Å². The van der Waals surface area contributed by atoms with E-state index in [-0.39, 0.29) is 6.04 Å². The van der Waals surface area contributed by atoms with Crippen molar-refractivity contribution in [2.24, 2.45) is 0 Å². The van der Waals surface area contributed by atoms with Gasteiger partial charge >= 0.3 is 11.8 Å². The number of benzene rings is 2. The van der Waals surface area contributed by atoms with Gasteiger partial charge in [-0.15, -0.1) is 0 Å². The lowest BCUT2D eigenvalue weighted by molar-refractivity contribution is -0.136. The maximum absolute atomic E-state index is 12.4. The van der Waals surface area contributed by atoms with Gasteiger partial charge in [0.05, 0.1) is 26.9 Å². The fraction of sp³-hybridized carbons (Fsp3) is 0.300. The minimum absolute atomic E-state index is 0.264. The summed E-state index contributed by atoms with van der Waals surface area (Å²) >= 11 is 0. The number of hydrogen-bond donors (Lipinski definition) is 2. The summed E-state index contributed by atoms with van der Waals surface area (Å²) in [6, 6.07) is 10.6. The van der Waals surface area contributed by atoms with E-state index in [2.05, 4.69) is 10.6 Å².